The van der Waals surface area contributed by atoms with Crippen molar-refractivity contribution in [3.05, 3.63) is 55.2 Å². The Morgan fingerprint density at radius 1 is 1.04 bits per heavy atom. The fourth-order valence-electron chi connectivity index (χ4n) is 3.75. The van der Waals surface area contributed by atoms with Crippen molar-refractivity contribution in [3.8, 4) is 0 Å². The van der Waals surface area contributed by atoms with Crippen molar-refractivity contribution in [1.82, 2.24) is 9.80 Å². The monoisotopic (exact) mass is 408 g/mol. The number of thiophene rings is 1. The summed E-state index contributed by atoms with van der Waals surface area (Å²) in [5.74, 6) is 0.202. The molecule has 3 nitrogen and oxygen atoms in total. The molecule has 6 heteroatoms. The van der Waals surface area contributed by atoms with Crippen LogP contribution in [0.2, 0.25) is 10.0 Å². The Morgan fingerprint density at radius 2 is 1.81 bits per heavy atom. The third kappa shape index (κ3) is 3.94. The number of halogens is 2. The van der Waals surface area contributed by atoms with Gasteiger partial charge in [0.05, 0.1) is 4.88 Å². The van der Waals surface area contributed by atoms with E-state index in [0.29, 0.717) is 10.0 Å². The standard InChI is InChI=1S/C20H22Cl2N2OS/c21-16-6-5-15(17(22)12-16)13-23-7-9-24(10-8-23)20(25)19-11-14-3-1-2-4-18(14)26-19/h5-6,11-12H,1-4,7-10,13H2. The summed E-state index contributed by atoms with van der Waals surface area (Å²) in [6.45, 7) is 4.08. The molecule has 138 valence electrons. The van der Waals surface area contributed by atoms with Gasteiger partial charge in [0.15, 0.2) is 0 Å². The smallest absolute Gasteiger partial charge is 0.264 e. The minimum atomic E-state index is 0.202. The molecule has 1 saturated heterocycles. The number of fused-ring (bicyclic) bond motifs is 1. The van der Waals surface area contributed by atoms with Crippen LogP contribution in [-0.4, -0.2) is 41.9 Å². The van der Waals surface area contributed by atoms with Gasteiger partial charge < -0.3 is 4.90 Å². The van der Waals surface area contributed by atoms with E-state index in [1.54, 1.807) is 17.4 Å². The van der Waals surface area contributed by atoms with Crippen LogP contribution in [0.15, 0.2) is 24.3 Å². The lowest BCUT2D eigenvalue weighted by atomic mass is 9.99. The first-order valence-electron chi connectivity index (χ1n) is 9.17. The molecule has 4 rings (SSSR count). The molecule has 2 aromatic rings. The summed E-state index contributed by atoms with van der Waals surface area (Å²) in [5.41, 5.74) is 2.49. The summed E-state index contributed by atoms with van der Waals surface area (Å²) < 4.78 is 0. The molecule has 1 aromatic carbocycles. The number of hydrogen-bond acceptors (Lipinski definition) is 3. The maximum absolute atomic E-state index is 12.9. The molecule has 1 aliphatic carbocycles. The van der Waals surface area contributed by atoms with E-state index in [1.165, 1.54) is 23.3 Å². The van der Waals surface area contributed by atoms with Crippen LogP contribution in [0, 0.1) is 0 Å². The second-order valence-electron chi connectivity index (χ2n) is 7.07. The maximum Gasteiger partial charge on any atom is 0.264 e. The fourth-order valence-corrected chi connectivity index (χ4v) is 5.44. The highest BCUT2D eigenvalue weighted by molar-refractivity contribution is 7.14. The third-order valence-corrected chi connectivity index (χ3v) is 7.09. The molecule has 26 heavy (non-hydrogen) atoms. The molecule has 0 saturated carbocycles. The molecule has 1 aromatic heterocycles. The van der Waals surface area contributed by atoms with Crippen molar-refractivity contribution in [2.45, 2.75) is 32.2 Å². The molecule has 0 unspecified atom stereocenters. The molecule has 0 N–H and O–H groups in total. The van der Waals surface area contributed by atoms with E-state index in [4.69, 9.17) is 23.2 Å². The number of piperazine rings is 1. The first-order valence-corrected chi connectivity index (χ1v) is 10.7. The number of rotatable bonds is 3. The van der Waals surface area contributed by atoms with Gasteiger partial charge in [0.1, 0.15) is 0 Å². The number of aryl methyl sites for hydroxylation is 2. The highest BCUT2D eigenvalue weighted by atomic mass is 35.5. The van der Waals surface area contributed by atoms with Gasteiger partial charge in [0, 0.05) is 47.6 Å². The summed E-state index contributed by atoms with van der Waals surface area (Å²) in [6, 6.07) is 7.79. The molecule has 0 spiro atoms. The maximum atomic E-state index is 12.9. The van der Waals surface area contributed by atoms with E-state index in [2.05, 4.69) is 11.0 Å². The molecular weight excluding hydrogens is 387 g/mol. The normalized spacial score (nSPS) is 18.0. The molecule has 1 aliphatic heterocycles. The van der Waals surface area contributed by atoms with E-state index >= 15 is 0 Å². The van der Waals surface area contributed by atoms with Crippen molar-refractivity contribution in [2.24, 2.45) is 0 Å². The molecule has 2 aliphatic rings. The van der Waals surface area contributed by atoms with Crippen LogP contribution in [-0.2, 0) is 19.4 Å². The quantitative estimate of drug-likeness (QED) is 0.721. The summed E-state index contributed by atoms with van der Waals surface area (Å²) in [5, 5.41) is 1.37. The van der Waals surface area contributed by atoms with Gasteiger partial charge in [-0.3, -0.25) is 9.69 Å². The molecule has 2 heterocycles. The van der Waals surface area contributed by atoms with E-state index in [1.807, 2.05) is 17.0 Å². The Kier molecular flexibility index (Phi) is 5.55. The Morgan fingerprint density at radius 3 is 2.54 bits per heavy atom. The summed E-state index contributed by atoms with van der Waals surface area (Å²) in [7, 11) is 0. The molecule has 1 amide bonds. The highest BCUT2D eigenvalue weighted by Gasteiger charge is 2.25. The van der Waals surface area contributed by atoms with Crippen LogP contribution in [0.4, 0.5) is 0 Å². The zero-order valence-corrected chi connectivity index (χ0v) is 17.0. The molecule has 1 fully saturated rings. The van der Waals surface area contributed by atoms with Crippen LogP contribution in [0.1, 0.15) is 38.5 Å². The van der Waals surface area contributed by atoms with Gasteiger partial charge in [-0.15, -0.1) is 11.3 Å². The van der Waals surface area contributed by atoms with Gasteiger partial charge in [-0.1, -0.05) is 29.3 Å². The second kappa shape index (κ2) is 7.89. The predicted molar refractivity (Wildman–Crippen MR) is 109 cm³/mol. The van der Waals surface area contributed by atoms with Crippen LogP contribution >= 0.6 is 34.5 Å². The van der Waals surface area contributed by atoms with E-state index in [-0.39, 0.29) is 5.91 Å². The molecule has 0 atom stereocenters. The second-order valence-corrected chi connectivity index (χ2v) is 9.05. The first-order chi connectivity index (χ1) is 12.6. The van der Waals surface area contributed by atoms with Crippen molar-refractivity contribution < 1.29 is 4.79 Å². The van der Waals surface area contributed by atoms with Crippen LogP contribution < -0.4 is 0 Å². The van der Waals surface area contributed by atoms with Gasteiger partial charge in [-0.25, -0.2) is 0 Å². The van der Waals surface area contributed by atoms with Gasteiger partial charge in [-0.2, -0.15) is 0 Å². The Labute approximate surface area is 168 Å². The van der Waals surface area contributed by atoms with Crippen molar-refractivity contribution >= 4 is 40.4 Å². The van der Waals surface area contributed by atoms with Crippen molar-refractivity contribution in [3.63, 3.8) is 0 Å². The topological polar surface area (TPSA) is 23.6 Å². The Balaban J connectivity index is 1.35. The zero-order chi connectivity index (χ0) is 18.1. The van der Waals surface area contributed by atoms with Gasteiger partial charge >= 0.3 is 0 Å². The minimum absolute atomic E-state index is 0.202. The third-order valence-electron chi connectivity index (χ3n) is 5.28. The predicted octanol–water partition coefficient (Wildman–Crippen LogP) is 4.89. The number of benzene rings is 1. The van der Waals surface area contributed by atoms with Gasteiger partial charge in [-0.05, 0) is 55.0 Å². The number of carbonyl (C=O) groups is 1. The number of nitrogens with zero attached hydrogens (tertiary/aromatic N) is 2. The Bertz CT molecular complexity index is 789. The molecular formula is C20H22Cl2N2OS. The minimum Gasteiger partial charge on any atom is -0.335 e. The number of hydrogen-bond donors (Lipinski definition) is 0. The van der Waals surface area contributed by atoms with E-state index in [9.17, 15) is 4.79 Å². The SMILES string of the molecule is O=C(c1cc2c(s1)CCCC2)N1CCN(Cc2ccc(Cl)cc2Cl)CC1. The lowest BCUT2D eigenvalue weighted by Crippen LogP contribution is -2.48. The summed E-state index contributed by atoms with van der Waals surface area (Å²) in [6.07, 6.45) is 4.79. The van der Waals surface area contributed by atoms with Crippen LogP contribution in [0.3, 0.4) is 0 Å². The average Bonchev–Trinajstić information content (AvgIpc) is 3.08. The molecule has 0 bridgehead atoms. The molecule has 0 radical (unpaired) electrons. The highest BCUT2D eigenvalue weighted by Crippen LogP contribution is 2.30. The largest absolute Gasteiger partial charge is 0.335 e. The fraction of sp³-hybridized carbons (Fsp3) is 0.450. The van der Waals surface area contributed by atoms with Crippen LogP contribution in [0.25, 0.3) is 0 Å². The van der Waals surface area contributed by atoms with Gasteiger partial charge in [0.2, 0.25) is 0 Å². The van der Waals surface area contributed by atoms with Crippen molar-refractivity contribution in [1.29, 1.82) is 0 Å². The summed E-state index contributed by atoms with van der Waals surface area (Å²) >= 11 is 14.0. The van der Waals surface area contributed by atoms with Crippen LogP contribution in [0.5, 0.6) is 0 Å². The lowest BCUT2D eigenvalue weighted by molar-refractivity contribution is 0.0633. The lowest BCUT2D eigenvalue weighted by Gasteiger charge is -2.34. The first kappa shape index (κ1) is 18.3. The van der Waals surface area contributed by atoms with Crippen molar-refractivity contribution in [2.75, 3.05) is 26.2 Å². The Hall–Kier alpha value is -1.07. The van der Waals surface area contributed by atoms with Gasteiger partial charge in [0.25, 0.3) is 5.91 Å². The average molecular weight is 409 g/mol. The summed E-state index contributed by atoms with van der Waals surface area (Å²) in [4.78, 5) is 19.5. The number of carbonyl (C=O) groups excluding carboxylic acids is 1. The van der Waals surface area contributed by atoms with E-state index < -0.39 is 0 Å². The number of amides is 1. The zero-order valence-electron chi connectivity index (χ0n) is 14.6. The van der Waals surface area contributed by atoms with E-state index in [0.717, 1.165) is 56.0 Å².